The van der Waals surface area contributed by atoms with Gasteiger partial charge >= 0.3 is 0 Å². The third-order valence-electron chi connectivity index (χ3n) is 3.83. The van der Waals surface area contributed by atoms with E-state index in [-0.39, 0.29) is 29.9 Å². The first-order valence-corrected chi connectivity index (χ1v) is 10.2. The molecule has 1 aliphatic carbocycles. The Balaban J connectivity index is 1.64. The molecule has 1 fully saturated rings. The van der Waals surface area contributed by atoms with Crippen LogP contribution in [0.3, 0.4) is 0 Å². The lowest BCUT2D eigenvalue weighted by Gasteiger charge is -2.12. The number of sulfone groups is 1. The molecule has 1 aliphatic heterocycles. The first kappa shape index (κ1) is 17.4. The fourth-order valence-corrected chi connectivity index (χ4v) is 4.07. The van der Waals surface area contributed by atoms with E-state index in [9.17, 15) is 13.2 Å². The maximum atomic E-state index is 12.3. The van der Waals surface area contributed by atoms with Crippen molar-refractivity contribution in [3.63, 3.8) is 0 Å². The van der Waals surface area contributed by atoms with Gasteiger partial charge in [-0.05, 0) is 30.5 Å². The zero-order valence-corrected chi connectivity index (χ0v) is 14.8. The molecule has 0 atom stereocenters. The van der Waals surface area contributed by atoms with Crippen LogP contribution in [0.15, 0.2) is 12.1 Å². The average molecular weight is 374 g/mol. The highest BCUT2D eigenvalue weighted by Crippen LogP contribution is 2.38. The third kappa shape index (κ3) is 4.77. The van der Waals surface area contributed by atoms with Crippen LogP contribution in [0.5, 0.6) is 11.5 Å². The predicted molar refractivity (Wildman–Crippen MR) is 90.3 cm³/mol. The highest BCUT2D eigenvalue weighted by molar-refractivity contribution is 7.90. The molecule has 2 aliphatic rings. The molecule has 8 heteroatoms. The largest absolute Gasteiger partial charge is 0.489 e. The fourth-order valence-electron chi connectivity index (χ4n) is 2.47. The van der Waals surface area contributed by atoms with Crippen molar-refractivity contribution in [1.29, 1.82) is 0 Å². The van der Waals surface area contributed by atoms with E-state index >= 15 is 0 Å². The second-order valence-corrected chi connectivity index (χ2v) is 8.73. The lowest BCUT2D eigenvalue weighted by Crippen LogP contribution is -2.27. The van der Waals surface area contributed by atoms with Gasteiger partial charge in [0.1, 0.15) is 0 Å². The number of hydrogen-bond donors (Lipinski definition) is 1. The smallest absolute Gasteiger partial charge is 0.221 e. The molecule has 3 rings (SSSR count). The van der Waals surface area contributed by atoms with Crippen LogP contribution in [0.25, 0.3) is 0 Å². The second-order valence-electron chi connectivity index (χ2n) is 6.14. The normalized spacial score (nSPS) is 17.2. The summed E-state index contributed by atoms with van der Waals surface area (Å²) in [6.45, 7) is 1.02. The van der Waals surface area contributed by atoms with Crippen molar-refractivity contribution < 1.29 is 22.7 Å². The molecular formula is C16H20ClNO5S. The second kappa shape index (κ2) is 7.19. The molecular weight excluding hydrogens is 354 g/mol. The van der Waals surface area contributed by atoms with E-state index in [2.05, 4.69) is 5.32 Å². The zero-order chi connectivity index (χ0) is 17.2. The average Bonchev–Trinajstić information content (AvgIpc) is 3.31. The molecule has 1 aromatic rings. The molecule has 6 nitrogen and oxygen atoms in total. The number of ether oxygens (including phenoxy) is 2. The van der Waals surface area contributed by atoms with Crippen LogP contribution in [0.4, 0.5) is 0 Å². The van der Waals surface area contributed by atoms with E-state index in [0.29, 0.717) is 35.3 Å². The third-order valence-corrected chi connectivity index (χ3v) is 5.71. The molecule has 0 bridgehead atoms. The summed E-state index contributed by atoms with van der Waals surface area (Å²) >= 11 is 6.18. The number of amides is 1. The number of carbonyl (C=O) groups is 1. The van der Waals surface area contributed by atoms with E-state index in [0.717, 1.165) is 19.3 Å². The monoisotopic (exact) mass is 373 g/mol. The first-order chi connectivity index (χ1) is 11.4. The van der Waals surface area contributed by atoms with E-state index < -0.39 is 9.84 Å². The van der Waals surface area contributed by atoms with Gasteiger partial charge in [-0.25, -0.2) is 8.42 Å². The SMILES string of the molecule is O=C(CCS(=O)(=O)Cc1cc(Cl)c2c(c1)OCCCO2)NC1CC1. The van der Waals surface area contributed by atoms with E-state index in [1.165, 1.54) is 0 Å². The number of nitrogens with one attached hydrogen (secondary N) is 1. The number of benzene rings is 1. The highest BCUT2D eigenvalue weighted by atomic mass is 35.5. The molecule has 0 saturated heterocycles. The summed E-state index contributed by atoms with van der Waals surface area (Å²) < 4.78 is 35.6. The Morgan fingerprint density at radius 2 is 2.00 bits per heavy atom. The standard InChI is InChI=1S/C16H20ClNO5S/c17-13-8-11(9-14-16(13)23-6-1-5-22-14)10-24(20,21)7-4-15(19)18-12-2-3-12/h8-9,12H,1-7,10H2,(H,18,19). The lowest BCUT2D eigenvalue weighted by atomic mass is 10.2. The summed E-state index contributed by atoms with van der Waals surface area (Å²) in [7, 11) is -3.41. The Bertz CT molecular complexity index is 730. The number of rotatable bonds is 6. The molecule has 1 amide bonds. The Morgan fingerprint density at radius 1 is 1.25 bits per heavy atom. The van der Waals surface area contributed by atoms with Gasteiger partial charge in [-0.15, -0.1) is 0 Å². The molecule has 0 unspecified atom stereocenters. The number of carbonyl (C=O) groups excluding carboxylic acids is 1. The van der Waals surface area contributed by atoms with Gasteiger partial charge in [0.2, 0.25) is 5.91 Å². The van der Waals surface area contributed by atoms with Crippen molar-refractivity contribution in [3.8, 4) is 11.5 Å². The Morgan fingerprint density at radius 3 is 2.75 bits per heavy atom. The van der Waals surface area contributed by atoms with Crippen molar-refractivity contribution in [2.24, 2.45) is 0 Å². The molecule has 1 saturated carbocycles. The molecule has 0 aromatic heterocycles. The summed E-state index contributed by atoms with van der Waals surface area (Å²) in [4.78, 5) is 11.6. The number of fused-ring (bicyclic) bond motifs is 1. The van der Waals surface area contributed by atoms with E-state index in [4.69, 9.17) is 21.1 Å². The zero-order valence-electron chi connectivity index (χ0n) is 13.2. The van der Waals surface area contributed by atoms with Crippen LogP contribution in [0, 0.1) is 0 Å². The van der Waals surface area contributed by atoms with Crippen LogP contribution >= 0.6 is 11.6 Å². The molecule has 0 spiro atoms. The van der Waals surface area contributed by atoms with Gasteiger partial charge in [0.25, 0.3) is 0 Å². The van der Waals surface area contributed by atoms with Gasteiger partial charge in [-0.3, -0.25) is 4.79 Å². The number of halogens is 1. The topological polar surface area (TPSA) is 81.7 Å². The van der Waals surface area contributed by atoms with Crippen molar-refractivity contribution in [2.45, 2.75) is 37.5 Å². The van der Waals surface area contributed by atoms with Crippen molar-refractivity contribution in [2.75, 3.05) is 19.0 Å². The quantitative estimate of drug-likeness (QED) is 0.825. The van der Waals surface area contributed by atoms with Gasteiger partial charge in [0, 0.05) is 18.9 Å². The van der Waals surface area contributed by atoms with E-state index in [1.807, 2.05) is 0 Å². The summed E-state index contributed by atoms with van der Waals surface area (Å²) in [6.07, 6.45) is 2.69. The van der Waals surface area contributed by atoms with Crippen LogP contribution in [0.1, 0.15) is 31.2 Å². The molecule has 0 radical (unpaired) electrons. The summed E-state index contributed by atoms with van der Waals surface area (Å²) in [5.41, 5.74) is 0.534. The van der Waals surface area contributed by atoms with Crippen molar-refractivity contribution >= 4 is 27.3 Å². The Kier molecular flexibility index (Phi) is 5.20. The van der Waals surface area contributed by atoms with Gasteiger partial charge in [0.05, 0.1) is 29.7 Å². The lowest BCUT2D eigenvalue weighted by molar-refractivity contribution is -0.120. The molecule has 132 valence electrons. The van der Waals surface area contributed by atoms with Crippen LogP contribution in [-0.2, 0) is 20.4 Å². The Labute approximate surface area is 146 Å². The van der Waals surface area contributed by atoms with E-state index in [1.54, 1.807) is 12.1 Å². The summed E-state index contributed by atoms with van der Waals surface area (Å²) in [6, 6.07) is 3.46. The summed E-state index contributed by atoms with van der Waals surface area (Å²) in [5, 5.41) is 3.13. The summed E-state index contributed by atoms with van der Waals surface area (Å²) in [5.74, 6) is 0.353. The maximum Gasteiger partial charge on any atom is 0.221 e. The minimum Gasteiger partial charge on any atom is -0.489 e. The van der Waals surface area contributed by atoms with Gasteiger partial charge in [-0.1, -0.05) is 11.6 Å². The highest BCUT2D eigenvalue weighted by Gasteiger charge is 2.24. The molecule has 24 heavy (non-hydrogen) atoms. The van der Waals surface area contributed by atoms with Crippen LogP contribution in [0.2, 0.25) is 5.02 Å². The minimum atomic E-state index is -3.41. The van der Waals surface area contributed by atoms with Gasteiger partial charge in [-0.2, -0.15) is 0 Å². The first-order valence-electron chi connectivity index (χ1n) is 8.01. The number of hydrogen-bond acceptors (Lipinski definition) is 5. The molecule has 1 heterocycles. The molecule has 1 aromatic carbocycles. The Hall–Kier alpha value is -1.47. The van der Waals surface area contributed by atoms with Crippen molar-refractivity contribution in [3.05, 3.63) is 22.7 Å². The minimum absolute atomic E-state index is 0.0167. The molecule has 1 N–H and O–H groups in total. The van der Waals surface area contributed by atoms with Crippen molar-refractivity contribution in [1.82, 2.24) is 5.32 Å². The van der Waals surface area contributed by atoms with Gasteiger partial charge < -0.3 is 14.8 Å². The predicted octanol–water partition coefficient (Wildman–Crippen LogP) is 2.08. The van der Waals surface area contributed by atoms with Gasteiger partial charge in [0.15, 0.2) is 21.3 Å². The van der Waals surface area contributed by atoms with Crippen LogP contribution in [-0.4, -0.2) is 39.3 Å². The fraction of sp³-hybridized carbons (Fsp3) is 0.562. The van der Waals surface area contributed by atoms with Crippen LogP contribution < -0.4 is 14.8 Å². The maximum absolute atomic E-state index is 12.3.